The average Bonchev–Trinajstić information content (AvgIpc) is 2.76. The molecule has 0 bridgehead atoms. The maximum absolute atomic E-state index is 10.5. The van der Waals surface area contributed by atoms with Crippen LogP contribution >= 0.6 is 11.3 Å². The van der Waals surface area contributed by atoms with Crippen molar-refractivity contribution >= 4 is 21.5 Å². The number of hydrogen-bond acceptors (Lipinski definition) is 6. The second kappa shape index (κ2) is 6.51. The first-order valence-corrected chi connectivity index (χ1v) is 6.40. The van der Waals surface area contributed by atoms with Crippen molar-refractivity contribution in [3.05, 3.63) is 16.3 Å². The largest absolute Gasteiger partial charge is 0.360 e. The van der Waals surface area contributed by atoms with Crippen LogP contribution in [-0.2, 0) is 0 Å². The highest BCUT2D eigenvalue weighted by molar-refractivity contribution is 7.18. The Hall–Kier alpha value is -1.21. The van der Waals surface area contributed by atoms with Crippen molar-refractivity contribution < 1.29 is 4.92 Å². The number of anilines is 1. The minimum atomic E-state index is -0.422. The molecule has 0 saturated carbocycles. The molecule has 1 aromatic rings. The van der Waals surface area contributed by atoms with Crippen LogP contribution in [0.4, 0.5) is 10.1 Å². The number of aromatic nitrogens is 1. The van der Waals surface area contributed by atoms with Crippen LogP contribution in [0.5, 0.6) is 0 Å². The van der Waals surface area contributed by atoms with Gasteiger partial charge in [0.1, 0.15) is 6.20 Å². The standard InChI is InChI=1S/C10H18N4O2S/c1-4-8(2)13(3)6-5-11-10-12-7-9(17-10)14(15)16/h7-8H,4-6H2,1-3H3,(H,11,12). The lowest BCUT2D eigenvalue weighted by molar-refractivity contribution is -0.380. The summed E-state index contributed by atoms with van der Waals surface area (Å²) in [4.78, 5) is 16.2. The van der Waals surface area contributed by atoms with Crippen LogP contribution < -0.4 is 5.32 Å². The van der Waals surface area contributed by atoms with E-state index in [9.17, 15) is 10.1 Å². The molecule has 17 heavy (non-hydrogen) atoms. The predicted octanol–water partition coefficient (Wildman–Crippen LogP) is 2.19. The van der Waals surface area contributed by atoms with Crippen LogP contribution in [0.1, 0.15) is 20.3 Å². The zero-order chi connectivity index (χ0) is 12.8. The van der Waals surface area contributed by atoms with Gasteiger partial charge in [-0.15, -0.1) is 0 Å². The summed E-state index contributed by atoms with van der Waals surface area (Å²) in [5.74, 6) is 0. The Morgan fingerprint density at radius 1 is 1.71 bits per heavy atom. The van der Waals surface area contributed by atoms with Crippen LogP contribution in [0.3, 0.4) is 0 Å². The van der Waals surface area contributed by atoms with Gasteiger partial charge >= 0.3 is 5.00 Å². The molecule has 0 aliphatic heterocycles. The van der Waals surface area contributed by atoms with Gasteiger partial charge in [-0.1, -0.05) is 6.92 Å². The van der Waals surface area contributed by atoms with Gasteiger partial charge in [0.15, 0.2) is 5.13 Å². The second-order valence-corrected chi connectivity index (χ2v) is 4.93. The second-order valence-electron chi connectivity index (χ2n) is 3.93. The summed E-state index contributed by atoms with van der Waals surface area (Å²) in [6.07, 6.45) is 2.39. The predicted molar refractivity (Wildman–Crippen MR) is 69.6 cm³/mol. The molecule has 1 rings (SSSR count). The highest BCUT2D eigenvalue weighted by Crippen LogP contribution is 2.24. The van der Waals surface area contributed by atoms with Crippen LogP contribution in [0, 0.1) is 10.1 Å². The number of hydrogen-bond donors (Lipinski definition) is 1. The van der Waals surface area contributed by atoms with Crippen molar-refractivity contribution in [2.24, 2.45) is 0 Å². The van der Waals surface area contributed by atoms with E-state index < -0.39 is 4.92 Å². The third-order valence-electron chi connectivity index (χ3n) is 2.76. The molecule has 1 heterocycles. The first-order chi connectivity index (χ1) is 8.04. The molecular weight excluding hydrogens is 240 g/mol. The molecule has 0 saturated heterocycles. The highest BCUT2D eigenvalue weighted by Gasteiger charge is 2.11. The fourth-order valence-electron chi connectivity index (χ4n) is 1.30. The molecule has 0 spiro atoms. The molecule has 0 aliphatic rings. The van der Waals surface area contributed by atoms with E-state index in [0.29, 0.717) is 11.2 Å². The molecule has 0 fully saturated rings. The lowest BCUT2D eigenvalue weighted by Gasteiger charge is -2.23. The number of rotatable bonds is 7. The molecule has 7 heteroatoms. The molecule has 1 unspecified atom stereocenters. The smallest absolute Gasteiger partial charge is 0.345 e. The van der Waals surface area contributed by atoms with Gasteiger partial charge in [0, 0.05) is 19.1 Å². The highest BCUT2D eigenvalue weighted by atomic mass is 32.1. The summed E-state index contributed by atoms with van der Waals surface area (Å²) in [6.45, 7) is 5.96. The van der Waals surface area contributed by atoms with Crippen LogP contribution in [-0.4, -0.2) is 41.0 Å². The summed E-state index contributed by atoms with van der Waals surface area (Å²) < 4.78 is 0. The Balaban J connectivity index is 2.33. The normalized spacial score (nSPS) is 12.7. The molecule has 0 amide bonds. The topological polar surface area (TPSA) is 71.3 Å². The number of nitrogens with one attached hydrogen (secondary N) is 1. The molecular formula is C10H18N4O2S. The number of likely N-dealkylation sites (N-methyl/N-ethyl adjacent to an activating group) is 1. The molecule has 96 valence electrons. The third-order valence-corrected chi connectivity index (χ3v) is 3.66. The molecule has 6 nitrogen and oxygen atoms in total. The van der Waals surface area contributed by atoms with Crippen LogP contribution in [0.15, 0.2) is 6.20 Å². The number of nitro groups is 1. The van der Waals surface area contributed by atoms with E-state index >= 15 is 0 Å². The Morgan fingerprint density at radius 3 is 2.94 bits per heavy atom. The first kappa shape index (κ1) is 13.9. The average molecular weight is 258 g/mol. The maximum Gasteiger partial charge on any atom is 0.345 e. The Labute approximate surface area is 105 Å². The van der Waals surface area contributed by atoms with Crippen molar-refractivity contribution in [3.63, 3.8) is 0 Å². The van der Waals surface area contributed by atoms with Gasteiger partial charge in [0.05, 0.1) is 4.92 Å². The van der Waals surface area contributed by atoms with Gasteiger partial charge in [-0.25, -0.2) is 4.98 Å². The molecule has 0 aliphatic carbocycles. The molecule has 1 atom stereocenters. The fourth-order valence-corrected chi connectivity index (χ4v) is 1.96. The maximum atomic E-state index is 10.5. The number of nitrogens with zero attached hydrogens (tertiary/aromatic N) is 3. The summed E-state index contributed by atoms with van der Waals surface area (Å²) >= 11 is 1.07. The lowest BCUT2D eigenvalue weighted by atomic mass is 10.2. The molecule has 0 radical (unpaired) electrons. The minimum Gasteiger partial charge on any atom is -0.360 e. The Morgan fingerprint density at radius 2 is 2.41 bits per heavy atom. The minimum absolute atomic E-state index is 0.0720. The van der Waals surface area contributed by atoms with Crippen molar-refractivity contribution in [1.29, 1.82) is 0 Å². The van der Waals surface area contributed by atoms with Crippen molar-refractivity contribution in [3.8, 4) is 0 Å². The van der Waals surface area contributed by atoms with Gasteiger partial charge < -0.3 is 10.2 Å². The summed E-state index contributed by atoms with van der Waals surface area (Å²) in [5.41, 5.74) is 0. The fraction of sp³-hybridized carbons (Fsp3) is 0.700. The van der Waals surface area contributed by atoms with Gasteiger partial charge in [-0.3, -0.25) is 10.1 Å². The van der Waals surface area contributed by atoms with E-state index in [-0.39, 0.29) is 5.00 Å². The SMILES string of the molecule is CCC(C)N(C)CCNc1ncc([N+](=O)[O-])s1. The van der Waals surface area contributed by atoms with Gasteiger partial charge in [-0.05, 0) is 31.7 Å². The lowest BCUT2D eigenvalue weighted by Crippen LogP contribution is -2.32. The van der Waals surface area contributed by atoms with E-state index in [1.807, 2.05) is 0 Å². The molecule has 1 N–H and O–H groups in total. The molecule has 1 aromatic heterocycles. The molecule has 0 aromatic carbocycles. The van der Waals surface area contributed by atoms with Crippen LogP contribution in [0.2, 0.25) is 0 Å². The first-order valence-electron chi connectivity index (χ1n) is 5.59. The van der Waals surface area contributed by atoms with Gasteiger partial charge in [-0.2, -0.15) is 0 Å². The van der Waals surface area contributed by atoms with E-state index in [0.717, 1.165) is 30.8 Å². The van der Waals surface area contributed by atoms with Gasteiger partial charge in [0.2, 0.25) is 0 Å². The monoisotopic (exact) mass is 258 g/mol. The van der Waals surface area contributed by atoms with E-state index in [2.05, 4.69) is 36.1 Å². The summed E-state index contributed by atoms with van der Waals surface area (Å²) in [6, 6.07) is 0.544. The quantitative estimate of drug-likeness (QED) is 0.599. The van der Waals surface area contributed by atoms with Crippen molar-refractivity contribution in [1.82, 2.24) is 9.88 Å². The van der Waals surface area contributed by atoms with Crippen molar-refractivity contribution in [2.75, 3.05) is 25.5 Å². The van der Waals surface area contributed by atoms with E-state index in [1.54, 1.807) is 0 Å². The third kappa shape index (κ3) is 4.27. The number of thiazole rings is 1. The Bertz CT molecular complexity index is 369. The van der Waals surface area contributed by atoms with E-state index in [4.69, 9.17) is 0 Å². The summed E-state index contributed by atoms with van der Waals surface area (Å²) in [5, 5.41) is 14.2. The zero-order valence-electron chi connectivity index (χ0n) is 10.3. The van der Waals surface area contributed by atoms with Gasteiger partial charge in [0.25, 0.3) is 0 Å². The van der Waals surface area contributed by atoms with E-state index in [1.165, 1.54) is 6.20 Å². The Kier molecular flexibility index (Phi) is 5.30. The summed E-state index contributed by atoms with van der Waals surface area (Å²) in [7, 11) is 2.07. The van der Waals surface area contributed by atoms with Crippen LogP contribution in [0.25, 0.3) is 0 Å². The zero-order valence-corrected chi connectivity index (χ0v) is 11.2. The van der Waals surface area contributed by atoms with Crippen molar-refractivity contribution in [2.45, 2.75) is 26.3 Å².